The zero-order valence-electron chi connectivity index (χ0n) is 51.4. The summed E-state index contributed by atoms with van der Waals surface area (Å²) in [6.07, 6.45) is 36.4. The molecule has 2 heteroatoms. The number of hydrogen-bond acceptors (Lipinski definition) is 1. The van der Waals surface area contributed by atoms with Gasteiger partial charge in [0.05, 0.1) is 11.0 Å². The summed E-state index contributed by atoms with van der Waals surface area (Å²) in [7, 11) is 0. The number of imidazole rings is 1. The summed E-state index contributed by atoms with van der Waals surface area (Å²) in [5, 5.41) is 2.63. The first kappa shape index (κ1) is 58.3. The Morgan fingerprint density at radius 1 is 0.301 bits per heavy atom. The molecule has 0 unspecified atom stereocenters. The topological polar surface area (TPSA) is 17.8 Å². The van der Waals surface area contributed by atoms with Gasteiger partial charge in [0.25, 0.3) is 0 Å². The Labute approximate surface area is 500 Å². The Bertz CT molecular complexity index is 3520. The second-order valence-electron chi connectivity index (χ2n) is 25.4. The zero-order valence-corrected chi connectivity index (χ0v) is 51.4. The molecule has 0 aliphatic heterocycles. The Morgan fingerprint density at radius 3 is 1.24 bits per heavy atom. The standard InChI is InChI=1S/C81H96N2/c1-5-9-13-17-21-32-51-80(52-33-22-18-14-10-6-2)73-57-65(63-39-36-40-67(56-63)79-82-77-43-30-31-44-78(77)83(79)68-41-26-25-27-42-68)47-49-69(73)71-59-76-72(60-75(71)80)70-50-48-66(64-46-45-61-37-28-29-38-62(61)55-64)58-74(70)81(76,53-34-23-19-15-11-7-3)54-35-24-20-16-12-8-4/h25-31,36-50,55-60H,5-24,32-35,51-54H2,1-4H3. The van der Waals surface area contributed by atoms with E-state index in [1.807, 2.05) is 0 Å². The van der Waals surface area contributed by atoms with E-state index in [0.717, 1.165) is 28.1 Å². The molecule has 0 amide bonds. The molecule has 0 fully saturated rings. The highest BCUT2D eigenvalue weighted by molar-refractivity contribution is 5.93. The number of hydrogen-bond donors (Lipinski definition) is 0. The normalized spacial score (nSPS) is 13.6. The maximum atomic E-state index is 5.34. The summed E-state index contributed by atoms with van der Waals surface area (Å²) in [6.45, 7) is 9.41. The highest BCUT2D eigenvalue weighted by atomic mass is 15.1. The van der Waals surface area contributed by atoms with E-state index in [2.05, 4.69) is 202 Å². The molecule has 1 heterocycles. The molecule has 0 saturated heterocycles. The predicted molar refractivity (Wildman–Crippen MR) is 359 cm³/mol. The molecule has 0 spiro atoms. The average Bonchev–Trinajstić information content (AvgIpc) is 3.41. The summed E-state index contributed by atoms with van der Waals surface area (Å²) < 4.78 is 2.35. The van der Waals surface area contributed by atoms with Gasteiger partial charge in [-0.05, 0) is 164 Å². The summed E-state index contributed by atoms with van der Waals surface area (Å²) in [5.74, 6) is 0.984. The number of para-hydroxylation sites is 3. The van der Waals surface area contributed by atoms with Crippen molar-refractivity contribution in [2.24, 2.45) is 0 Å². The lowest BCUT2D eigenvalue weighted by molar-refractivity contribution is 0.394. The smallest absolute Gasteiger partial charge is 0.145 e. The van der Waals surface area contributed by atoms with Gasteiger partial charge in [-0.2, -0.15) is 0 Å². The fourth-order valence-corrected chi connectivity index (χ4v) is 15.3. The van der Waals surface area contributed by atoms with Gasteiger partial charge in [0.1, 0.15) is 5.82 Å². The van der Waals surface area contributed by atoms with Crippen molar-refractivity contribution >= 4 is 21.8 Å². The van der Waals surface area contributed by atoms with Crippen LogP contribution in [0.3, 0.4) is 0 Å². The van der Waals surface area contributed by atoms with E-state index in [9.17, 15) is 0 Å². The second kappa shape index (κ2) is 27.9. The summed E-state index contributed by atoms with van der Waals surface area (Å²) in [5.41, 5.74) is 22.1. The lowest BCUT2D eigenvalue weighted by Crippen LogP contribution is -2.27. The lowest BCUT2D eigenvalue weighted by atomic mass is 9.68. The second-order valence-corrected chi connectivity index (χ2v) is 25.4. The van der Waals surface area contributed by atoms with Gasteiger partial charge in [-0.15, -0.1) is 0 Å². The first-order valence-corrected chi connectivity index (χ1v) is 33.6. The Kier molecular flexibility index (Phi) is 19.6. The Balaban J connectivity index is 1.07. The highest BCUT2D eigenvalue weighted by Crippen LogP contribution is 2.62. The highest BCUT2D eigenvalue weighted by Gasteiger charge is 2.48. The van der Waals surface area contributed by atoms with Gasteiger partial charge in [-0.25, -0.2) is 4.98 Å². The van der Waals surface area contributed by atoms with Crippen molar-refractivity contribution in [3.05, 3.63) is 192 Å². The summed E-state index contributed by atoms with van der Waals surface area (Å²) in [6, 6.07) is 65.9. The van der Waals surface area contributed by atoms with Crippen molar-refractivity contribution in [1.82, 2.24) is 9.55 Å². The van der Waals surface area contributed by atoms with Crippen molar-refractivity contribution in [1.29, 1.82) is 0 Å². The minimum atomic E-state index is -0.0703. The van der Waals surface area contributed by atoms with Crippen LogP contribution in [0.5, 0.6) is 0 Å². The minimum absolute atomic E-state index is 0.0390. The van der Waals surface area contributed by atoms with Crippen LogP contribution in [0, 0.1) is 0 Å². The molecule has 2 aliphatic rings. The molecule has 11 rings (SSSR count). The third-order valence-electron chi connectivity index (χ3n) is 19.8. The fraction of sp³-hybridized carbons (Fsp3) is 0.420. The maximum Gasteiger partial charge on any atom is 0.145 e. The minimum Gasteiger partial charge on any atom is -0.292 e. The molecule has 0 N–H and O–H groups in total. The van der Waals surface area contributed by atoms with Gasteiger partial charge >= 0.3 is 0 Å². The van der Waals surface area contributed by atoms with Crippen LogP contribution in [0.2, 0.25) is 0 Å². The van der Waals surface area contributed by atoms with Crippen molar-refractivity contribution in [3.8, 4) is 61.6 Å². The third-order valence-corrected chi connectivity index (χ3v) is 19.8. The van der Waals surface area contributed by atoms with Crippen LogP contribution in [-0.4, -0.2) is 9.55 Å². The fourth-order valence-electron chi connectivity index (χ4n) is 15.3. The van der Waals surface area contributed by atoms with Crippen molar-refractivity contribution in [2.45, 2.75) is 218 Å². The molecule has 2 nitrogen and oxygen atoms in total. The van der Waals surface area contributed by atoms with Crippen LogP contribution in [0.15, 0.2) is 170 Å². The van der Waals surface area contributed by atoms with Crippen LogP contribution >= 0.6 is 0 Å². The van der Waals surface area contributed by atoms with E-state index in [0.29, 0.717) is 0 Å². The zero-order chi connectivity index (χ0) is 56.9. The lowest BCUT2D eigenvalue weighted by Gasteiger charge is -2.35. The molecular weight excluding hydrogens is 1000 g/mol. The third kappa shape index (κ3) is 12.5. The number of nitrogens with zero attached hydrogens (tertiary/aromatic N) is 2. The molecular formula is C81H96N2. The van der Waals surface area contributed by atoms with E-state index in [-0.39, 0.29) is 10.8 Å². The maximum absolute atomic E-state index is 5.34. The van der Waals surface area contributed by atoms with Crippen LogP contribution < -0.4 is 0 Å². The van der Waals surface area contributed by atoms with Gasteiger partial charge < -0.3 is 0 Å². The van der Waals surface area contributed by atoms with Crippen LogP contribution in [0.4, 0.5) is 0 Å². The van der Waals surface area contributed by atoms with E-state index >= 15 is 0 Å². The van der Waals surface area contributed by atoms with E-state index in [4.69, 9.17) is 4.98 Å². The molecule has 1 aromatic heterocycles. The van der Waals surface area contributed by atoms with Crippen molar-refractivity contribution in [3.63, 3.8) is 0 Å². The average molecular weight is 1100 g/mol. The largest absolute Gasteiger partial charge is 0.292 e. The van der Waals surface area contributed by atoms with Crippen LogP contribution in [-0.2, 0) is 10.8 Å². The van der Waals surface area contributed by atoms with Crippen molar-refractivity contribution in [2.75, 3.05) is 0 Å². The molecule has 9 aromatic rings. The van der Waals surface area contributed by atoms with E-state index in [1.165, 1.54) is 235 Å². The van der Waals surface area contributed by atoms with Gasteiger partial charge in [-0.3, -0.25) is 4.57 Å². The first-order chi connectivity index (χ1) is 41.0. The summed E-state index contributed by atoms with van der Waals surface area (Å²) >= 11 is 0. The molecule has 0 bridgehead atoms. The molecule has 8 aromatic carbocycles. The van der Waals surface area contributed by atoms with Crippen molar-refractivity contribution < 1.29 is 0 Å². The number of aromatic nitrogens is 2. The monoisotopic (exact) mass is 1100 g/mol. The quantitative estimate of drug-likeness (QED) is 0.0384. The number of benzene rings is 8. The van der Waals surface area contributed by atoms with Crippen LogP contribution in [0.1, 0.15) is 230 Å². The molecule has 0 radical (unpaired) electrons. The van der Waals surface area contributed by atoms with Gasteiger partial charge in [0, 0.05) is 22.1 Å². The summed E-state index contributed by atoms with van der Waals surface area (Å²) in [4.78, 5) is 5.34. The molecule has 2 aliphatic carbocycles. The number of fused-ring (bicyclic) bond motifs is 8. The molecule has 83 heavy (non-hydrogen) atoms. The first-order valence-electron chi connectivity index (χ1n) is 33.6. The number of rotatable bonds is 32. The van der Waals surface area contributed by atoms with Gasteiger partial charge in [0.15, 0.2) is 0 Å². The van der Waals surface area contributed by atoms with Gasteiger partial charge in [-0.1, -0.05) is 291 Å². The molecule has 430 valence electrons. The van der Waals surface area contributed by atoms with E-state index in [1.54, 1.807) is 22.3 Å². The van der Waals surface area contributed by atoms with Gasteiger partial charge in [0.2, 0.25) is 0 Å². The predicted octanol–water partition coefficient (Wildman–Crippen LogP) is 24.7. The Morgan fingerprint density at radius 2 is 0.711 bits per heavy atom. The van der Waals surface area contributed by atoms with Crippen LogP contribution in [0.25, 0.3) is 83.4 Å². The molecule has 0 atom stereocenters. The SMILES string of the molecule is CCCCCCCCC1(CCCCCCCC)c2cc(-c3cccc(-c4nc5ccccc5n4-c4ccccc4)c3)ccc2-c2cc3c(cc21)-c1ccc(-c2ccc4ccccc4c2)cc1C3(CCCCCCCC)CCCCCCCC. The van der Waals surface area contributed by atoms with E-state index < -0.39 is 0 Å². The Hall–Kier alpha value is -6.51. The number of unbranched alkanes of at least 4 members (excludes halogenated alkanes) is 20. The molecule has 0 saturated carbocycles.